The molecule has 2 fully saturated rings. The van der Waals surface area contributed by atoms with E-state index >= 15 is 0 Å². The minimum absolute atomic E-state index is 0.222. The number of hydrogen-bond acceptors (Lipinski definition) is 6. The summed E-state index contributed by atoms with van der Waals surface area (Å²) in [5.74, 6) is -1.49. The van der Waals surface area contributed by atoms with E-state index in [1.165, 1.54) is 71.1 Å². The van der Waals surface area contributed by atoms with E-state index in [2.05, 4.69) is 21.3 Å². The average Bonchev–Trinajstić information content (AvgIpc) is 2.78. The van der Waals surface area contributed by atoms with E-state index in [4.69, 9.17) is 10.2 Å². The monoisotopic (exact) mass is 420 g/mol. The fraction of sp³-hybridized carbons (Fsp3) is 0.905. The van der Waals surface area contributed by atoms with Gasteiger partial charge in [-0.25, -0.2) is 0 Å². The van der Waals surface area contributed by atoms with Crippen LogP contribution in [0.5, 0.6) is 0 Å². The van der Waals surface area contributed by atoms with E-state index in [9.17, 15) is 9.59 Å². The lowest BCUT2D eigenvalue weighted by Gasteiger charge is -2.08. The number of hydrogen-bond donors (Lipinski definition) is 6. The minimum atomic E-state index is -0.745. The molecule has 2 rings (SSSR count). The van der Waals surface area contributed by atoms with Crippen molar-refractivity contribution in [3.8, 4) is 0 Å². The van der Waals surface area contributed by atoms with Crippen LogP contribution in [0.1, 0.15) is 71.6 Å². The van der Waals surface area contributed by atoms with Crippen LogP contribution < -0.4 is 21.3 Å². The highest BCUT2D eigenvalue weighted by Crippen LogP contribution is 1.97. The predicted molar refractivity (Wildman–Crippen MR) is 122 cm³/mol. The van der Waals surface area contributed by atoms with Crippen LogP contribution in [0, 0.1) is 0 Å². The molecule has 0 aromatic heterocycles. The first-order valence-electron chi connectivity index (χ1n) is 11.1. The molecule has 0 unspecified atom stereocenters. The second kappa shape index (κ2) is 31.5. The van der Waals surface area contributed by atoms with E-state index in [1.807, 2.05) is 14.1 Å². The van der Waals surface area contributed by atoms with Gasteiger partial charge < -0.3 is 31.5 Å². The van der Waals surface area contributed by atoms with Crippen molar-refractivity contribution in [2.75, 3.05) is 53.4 Å². The molecule has 0 saturated carbocycles. The molecule has 8 nitrogen and oxygen atoms in total. The van der Waals surface area contributed by atoms with E-state index < -0.39 is 11.9 Å². The molecule has 0 aliphatic carbocycles. The van der Waals surface area contributed by atoms with Gasteiger partial charge in [-0.2, -0.15) is 0 Å². The summed E-state index contributed by atoms with van der Waals surface area (Å²) in [7, 11) is 3.94. The van der Waals surface area contributed by atoms with Crippen molar-refractivity contribution in [2.24, 2.45) is 0 Å². The van der Waals surface area contributed by atoms with E-state index in [-0.39, 0.29) is 12.8 Å². The van der Waals surface area contributed by atoms with Gasteiger partial charge in [0.25, 0.3) is 0 Å². The average molecular weight is 421 g/mol. The van der Waals surface area contributed by atoms with E-state index in [1.54, 1.807) is 13.8 Å². The Morgan fingerprint density at radius 1 is 0.690 bits per heavy atom. The fourth-order valence-corrected chi connectivity index (χ4v) is 2.05. The Kier molecular flexibility index (Phi) is 35.2. The van der Waals surface area contributed by atoms with Crippen molar-refractivity contribution in [1.82, 2.24) is 21.3 Å². The Morgan fingerprint density at radius 3 is 1.07 bits per heavy atom. The maximum atomic E-state index is 9.37. The Labute approximate surface area is 178 Å². The van der Waals surface area contributed by atoms with Gasteiger partial charge in [-0.1, -0.05) is 26.7 Å². The first kappa shape index (κ1) is 32.4. The molecule has 0 aromatic carbocycles. The number of carboxylic acids is 2. The Hall–Kier alpha value is -1.22. The Bertz CT molecular complexity index is 271. The van der Waals surface area contributed by atoms with Crippen molar-refractivity contribution < 1.29 is 19.8 Å². The highest BCUT2D eigenvalue weighted by Gasteiger charge is 1.94. The topological polar surface area (TPSA) is 123 Å². The van der Waals surface area contributed by atoms with Crippen LogP contribution in [0.4, 0.5) is 0 Å². The Balaban J connectivity index is -0.000000293. The highest BCUT2D eigenvalue weighted by atomic mass is 16.4. The number of piperidine rings is 2. The van der Waals surface area contributed by atoms with Crippen molar-refractivity contribution >= 4 is 11.9 Å². The summed E-state index contributed by atoms with van der Waals surface area (Å²) in [6.07, 6.45) is 10.1. The second-order valence-electron chi connectivity index (χ2n) is 6.68. The first-order valence-corrected chi connectivity index (χ1v) is 11.1. The lowest BCUT2D eigenvalue weighted by molar-refractivity contribution is -0.137. The summed E-state index contributed by atoms with van der Waals surface area (Å²) in [5.41, 5.74) is 0. The third-order valence-electron chi connectivity index (χ3n) is 3.87. The highest BCUT2D eigenvalue weighted by molar-refractivity contribution is 5.66. The number of carboxylic acid groups (broad SMARTS) is 2. The molecule has 29 heavy (non-hydrogen) atoms. The number of carbonyl (C=O) groups is 2. The first-order chi connectivity index (χ1) is 14.0. The molecular formula is C21H48N4O4. The zero-order valence-electron chi connectivity index (χ0n) is 19.3. The van der Waals surface area contributed by atoms with Gasteiger partial charge in [-0.15, -0.1) is 0 Å². The van der Waals surface area contributed by atoms with Gasteiger partial charge in [0.15, 0.2) is 0 Å². The summed E-state index contributed by atoms with van der Waals surface area (Å²) in [5, 5.41) is 28.1. The fourth-order valence-electron chi connectivity index (χ4n) is 2.05. The van der Waals surface area contributed by atoms with Gasteiger partial charge in [0.1, 0.15) is 0 Å². The van der Waals surface area contributed by atoms with Crippen LogP contribution in [-0.2, 0) is 9.59 Å². The largest absolute Gasteiger partial charge is 0.481 e. The quantitative estimate of drug-likeness (QED) is 0.362. The molecule has 0 radical (unpaired) electrons. The molecule has 2 saturated heterocycles. The lowest BCUT2D eigenvalue weighted by atomic mass is 10.2. The van der Waals surface area contributed by atoms with Crippen LogP contribution in [0.15, 0.2) is 0 Å². The smallest absolute Gasteiger partial charge is 0.303 e. The van der Waals surface area contributed by atoms with E-state index in [0.717, 1.165) is 13.1 Å². The third kappa shape index (κ3) is 46.6. The van der Waals surface area contributed by atoms with Gasteiger partial charge in [-0.3, -0.25) is 9.59 Å². The molecule has 176 valence electrons. The molecule has 2 aliphatic heterocycles. The zero-order valence-corrected chi connectivity index (χ0v) is 19.3. The molecule has 2 aliphatic rings. The molecule has 0 aromatic rings. The van der Waals surface area contributed by atoms with Gasteiger partial charge in [-0.05, 0) is 85.5 Å². The van der Waals surface area contributed by atoms with Crippen molar-refractivity contribution in [1.29, 1.82) is 0 Å². The number of aliphatic carboxylic acids is 2. The van der Waals surface area contributed by atoms with E-state index in [0.29, 0.717) is 0 Å². The van der Waals surface area contributed by atoms with Crippen molar-refractivity contribution in [3.05, 3.63) is 0 Å². The molecular weight excluding hydrogens is 372 g/mol. The zero-order chi connectivity index (χ0) is 22.6. The summed E-state index contributed by atoms with van der Waals surface area (Å²) in [6.45, 7) is 10.4. The van der Waals surface area contributed by atoms with Crippen LogP contribution in [0.2, 0.25) is 0 Å². The Morgan fingerprint density at radius 2 is 0.966 bits per heavy atom. The van der Waals surface area contributed by atoms with Crippen LogP contribution in [-0.4, -0.2) is 75.5 Å². The van der Waals surface area contributed by atoms with Gasteiger partial charge >= 0.3 is 11.9 Å². The molecule has 8 heteroatoms. The number of rotatable bonds is 6. The van der Waals surface area contributed by atoms with Crippen LogP contribution in [0.3, 0.4) is 0 Å². The molecule has 0 spiro atoms. The van der Waals surface area contributed by atoms with Gasteiger partial charge in [0.05, 0.1) is 0 Å². The van der Waals surface area contributed by atoms with Gasteiger partial charge in [0.2, 0.25) is 0 Å². The van der Waals surface area contributed by atoms with Gasteiger partial charge in [0, 0.05) is 12.8 Å². The SMILES string of the molecule is C1CCNCC1.C1CCNCC1.CCC(=O)O.CCC(=O)O.CNCCCNC. The second-order valence-corrected chi connectivity index (χ2v) is 6.68. The van der Waals surface area contributed by atoms with Crippen LogP contribution >= 0.6 is 0 Å². The summed E-state index contributed by atoms with van der Waals surface area (Å²) >= 11 is 0. The molecule has 0 bridgehead atoms. The summed E-state index contributed by atoms with van der Waals surface area (Å²) < 4.78 is 0. The third-order valence-corrected chi connectivity index (χ3v) is 3.87. The predicted octanol–water partition coefficient (Wildman–Crippen LogP) is 2.30. The number of nitrogens with one attached hydrogen (secondary N) is 4. The molecule has 0 amide bonds. The van der Waals surface area contributed by atoms with Crippen molar-refractivity contribution in [3.63, 3.8) is 0 Å². The maximum absolute atomic E-state index is 9.37. The summed E-state index contributed by atoms with van der Waals surface area (Å²) in [4.78, 5) is 18.7. The minimum Gasteiger partial charge on any atom is -0.481 e. The maximum Gasteiger partial charge on any atom is 0.303 e. The lowest BCUT2D eigenvalue weighted by Crippen LogP contribution is -2.21. The molecule has 6 N–H and O–H groups in total. The van der Waals surface area contributed by atoms with Crippen LogP contribution in [0.25, 0.3) is 0 Å². The molecule has 2 heterocycles. The summed E-state index contributed by atoms with van der Waals surface area (Å²) in [6, 6.07) is 0. The molecule has 0 atom stereocenters. The normalized spacial score (nSPS) is 14.8. The van der Waals surface area contributed by atoms with Crippen molar-refractivity contribution in [2.45, 2.75) is 71.6 Å². The standard InChI is InChI=1S/C5H14N2.2C5H11N.2C3H6O2/c1-6-4-3-5-7-2;2*1-2-4-6-5-3-1;2*1-2-3(4)5/h6-7H,3-5H2,1-2H3;2*6H,1-5H2;2*2H2,1H3,(H,4,5).